The maximum Gasteiger partial charge on any atom is 0.127 e. The summed E-state index contributed by atoms with van der Waals surface area (Å²) in [6.07, 6.45) is 0. The van der Waals surface area contributed by atoms with Crippen LogP contribution in [0.15, 0.2) is 136 Å². The molecule has 0 spiro atoms. The van der Waals surface area contributed by atoms with Gasteiger partial charge in [0, 0.05) is 0 Å². The molecule has 0 unspecified atom stereocenters. The van der Waals surface area contributed by atoms with Crippen molar-refractivity contribution in [2.24, 2.45) is 20.5 Å². The Balaban J connectivity index is 1.22. The Labute approximate surface area is 234 Å². The Morgan fingerprint density at radius 3 is 1.65 bits per heavy atom. The number of hydrogen-bond acceptors (Lipinski definition) is 6. The van der Waals surface area contributed by atoms with Crippen LogP contribution in [-0.4, -0.2) is 0 Å². The highest BCUT2D eigenvalue weighted by Crippen LogP contribution is 2.32. The van der Waals surface area contributed by atoms with Gasteiger partial charge in [-0.15, -0.1) is 0 Å². The predicted octanol–water partition coefficient (Wildman–Crippen LogP) is 10.8. The molecule has 5 rings (SSSR count). The molecule has 5 aromatic carbocycles. The number of nitrogens with zero attached hydrogens (tertiary/aromatic N) is 4. The molecule has 0 aromatic heterocycles. The first-order chi connectivity index (χ1) is 19.5. The van der Waals surface area contributed by atoms with Crippen molar-refractivity contribution in [2.75, 3.05) is 0 Å². The second-order valence-corrected chi connectivity index (χ2v) is 9.46. The zero-order chi connectivity index (χ0) is 27.7. The van der Waals surface area contributed by atoms with Crippen LogP contribution in [0.5, 0.6) is 17.2 Å². The van der Waals surface area contributed by atoms with Crippen molar-refractivity contribution in [2.45, 2.75) is 27.4 Å². The first-order valence-electron chi connectivity index (χ1n) is 13.1. The van der Waals surface area contributed by atoms with E-state index in [1.807, 2.05) is 136 Å². The van der Waals surface area contributed by atoms with Gasteiger partial charge < -0.3 is 9.47 Å². The molecule has 0 heterocycles. The Morgan fingerprint density at radius 1 is 0.475 bits per heavy atom. The van der Waals surface area contributed by atoms with Gasteiger partial charge >= 0.3 is 0 Å². The van der Waals surface area contributed by atoms with E-state index < -0.39 is 0 Å². The molecule has 0 amide bonds. The van der Waals surface area contributed by atoms with Gasteiger partial charge in [-0.1, -0.05) is 48.5 Å². The molecule has 0 bridgehead atoms. The van der Waals surface area contributed by atoms with E-state index in [1.165, 1.54) is 0 Å². The SMILES string of the molecule is Cc1cc(N=Nc2ccc(OCc3ccccc3)cc2C)c(C)cc1N=Nc1ccc(Oc2ccccc2)cc1. The average Bonchev–Trinajstić information content (AvgIpc) is 2.98. The third kappa shape index (κ3) is 7.05. The fraction of sp³-hybridized carbons (Fsp3) is 0.118. The molecule has 0 N–H and O–H groups in total. The van der Waals surface area contributed by atoms with E-state index >= 15 is 0 Å². The molecule has 0 fully saturated rings. The van der Waals surface area contributed by atoms with Crippen LogP contribution in [-0.2, 0) is 6.61 Å². The molecule has 0 aliphatic heterocycles. The van der Waals surface area contributed by atoms with E-state index in [1.54, 1.807) is 0 Å². The molecule has 0 saturated carbocycles. The summed E-state index contributed by atoms with van der Waals surface area (Å²) in [6, 6.07) is 37.1. The van der Waals surface area contributed by atoms with Crippen LogP contribution in [0.3, 0.4) is 0 Å². The number of ether oxygens (including phenoxy) is 2. The van der Waals surface area contributed by atoms with E-state index in [4.69, 9.17) is 9.47 Å². The number of hydrogen-bond donors (Lipinski definition) is 0. The van der Waals surface area contributed by atoms with Crippen molar-refractivity contribution in [3.8, 4) is 17.2 Å². The molecule has 0 aliphatic rings. The van der Waals surface area contributed by atoms with Gasteiger partial charge in [0.25, 0.3) is 0 Å². The zero-order valence-electron chi connectivity index (χ0n) is 22.8. The largest absolute Gasteiger partial charge is 0.489 e. The van der Waals surface area contributed by atoms with Crippen LogP contribution >= 0.6 is 0 Å². The Bertz CT molecular complexity index is 1630. The molecule has 0 atom stereocenters. The normalized spacial score (nSPS) is 11.3. The highest BCUT2D eigenvalue weighted by atomic mass is 16.5. The lowest BCUT2D eigenvalue weighted by atomic mass is 10.1. The molecule has 6 heteroatoms. The summed E-state index contributed by atoms with van der Waals surface area (Å²) in [5, 5.41) is 17.9. The standard InChI is InChI=1S/C34H30N4O2/c1-24-20-31(39-23-27-10-6-4-7-11-27)18-19-32(24)36-38-34-22-25(2)33(21-26(34)3)37-35-28-14-16-30(17-15-28)40-29-12-8-5-9-13-29/h4-22H,23H2,1-3H3. The maximum absolute atomic E-state index is 5.93. The number of para-hydroxylation sites is 1. The van der Waals surface area contributed by atoms with Gasteiger partial charge in [0.2, 0.25) is 0 Å². The van der Waals surface area contributed by atoms with Gasteiger partial charge in [0.05, 0.1) is 22.7 Å². The van der Waals surface area contributed by atoms with E-state index in [0.717, 1.165) is 62.3 Å². The maximum atomic E-state index is 5.93. The second-order valence-electron chi connectivity index (χ2n) is 9.46. The number of aryl methyl sites for hydroxylation is 3. The van der Waals surface area contributed by atoms with Crippen LogP contribution in [0, 0.1) is 20.8 Å². The van der Waals surface area contributed by atoms with Gasteiger partial charge in [-0.2, -0.15) is 20.5 Å². The van der Waals surface area contributed by atoms with E-state index in [9.17, 15) is 0 Å². The monoisotopic (exact) mass is 526 g/mol. The third-order valence-electron chi connectivity index (χ3n) is 6.29. The van der Waals surface area contributed by atoms with Crippen LogP contribution in [0.1, 0.15) is 22.3 Å². The fourth-order valence-corrected chi connectivity index (χ4v) is 4.00. The summed E-state index contributed by atoms with van der Waals surface area (Å²) in [5.41, 5.74) is 7.18. The molecule has 198 valence electrons. The summed E-state index contributed by atoms with van der Waals surface area (Å²) in [7, 11) is 0. The molecule has 0 aliphatic carbocycles. The van der Waals surface area contributed by atoms with Crippen molar-refractivity contribution >= 4 is 22.7 Å². The minimum Gasteiger partial charge on any atom is -0.489 e. The lowest BCUT2D eigenvalue weighted by Crippen LogP contribution is -1.95. The van der Waals surface area contributed by atoms with Crippen LogP contribution in [0.4, 0.5) is 22.7 Å². The summed E-state index contributed by atoms with van der Waals surface area (Å²) < 4.78 is 11.8. The quantitative estimate of drug-likeness (QED) is 0.179. The second kappa shape index (κ2) is 12.6. The van der Waals surface area contributed by atoms with Gasteiger partial charge in [-0.3, -0.25) is 0 Å². The highest BCUT2D eigenvalue weighted by Gasteiger charge is 2.06. The Morgan fingerprint density at radius 2 is 1.00 bits per heavy atom. The van der Waals surface area contributed by atoms with E-state index in [0.29, 0.717) is 6.61 Å². The fourth-order valence-electron chi connectivity index (χ4n) is 4.00. The van der Waals surface area contributed by atoms with Crippen LogP contribution in [0.2, 0.25) is 0 Å². The Kier molecular flexibility index (Phi) is 8.37. The van der Waals surface area contributed by atoms with Crippen molar-refractivity contribution in [1.29, 1.82) is 0 Å². The summed E-state index contributed by atoms with van der Waals surface area (Å²) in [4.78, 5) is 0. The van der Waals surface area contributed by atoms with Crippen LogP contribution in [0.25, 0.3) is 0 Å². The molecule has 40 heavy (non-hydrogen) atoms. The average molecular weight is 527 g/mol. The van der Waals surface area contributed by atoms with E-state index in [2.05, 4.69) is 20.5 Å². The summed E-state index contributed by atoms with van der Waals surface area (Å²) in [6.45, 7) is 6.52. The van der Waals surface area contributed by atoms with E-state index in [-0.39, 0.29) is 0 Å². The molecule has 0 saturated heterocycles. The molecule has 6 nitrogen and oxygen atoms in total. The minimum absolute atomic E-state index is 0.525. The number of benzene rings is 5. The van der Waals surface area contributed by atoms with Gasteiger partial charge in [-0.05, 0) is 110 Å². The van der Waals surface area contributed by atoms with Crippen LogP contribution < -0.4 is 9.47 Å². The lowest BCUT2D eigenvalue weighted by Gasteiger charge is -2.08. The summed E-state index contributed by atoms with van der Waals surface area (Å²) in [5.74, 6) is 2.34. The van der Waals surface area contributed by atoms with Gasteiger partial charge in [0.1, 0.15) is 23.9 Å². The molecular weight excluding hydrogens is 496 g/mol. The number of azo groups is 2. The summed E-state index contributed by atoms with van der Waals surface area (Å²) >= 11 is 0. The minimum atomic E-state index is 0.525. The highest BCUT2D eigenvalue weighted by molar-refractivity contribution is 5.59. The Hall–Kier alpha value is -5.10. The van der Waals surface area contributed by atoms with Gasteiger partial charge in [0.15, 0.2) is 0 Å². The topological polar surface area (TPSA) is 67.9 Å². The molecule has 0 radical (unpaired) electrons. The first kappa shape index (κ1) is 26.5. The van der Waals surface area contributed by atoms with Gasteiger partial charge in [-0.25, -0.2) is 0 Å². The zero-order valence-corrected chi connectivity index (χ0v) is 22.8. The van der Waals surface area contributed by atoms with Crippen molar-refractivity contribution in [3.63, 3.8) is 0 Å². The predicted molar refractivity (Wildman–Crippen MR) is 159 cm³/mol. The first-order valence-corrected chi connectivity index (χ1v) is 13.1. The lowest BCUT2D eigenvalue weighted by molar-refractivity contribution is 0.306. The third-order valence-corrected chi connectivity index (χ3v) is 6.29. The van der Waals surface area contributed by atoms with Crippen molar-refractivity contribution < 1.29 is 9.47 Å². The number of rotatable bonds is 9. The smallest absolute Gasteiger partial charge is 0.127 e. The van der Waals surface area contributed by atoms with Crippen molar-refractivity contribution in [1.82, 2.24) is 0 Å². The van der Waals surface area contributed by atoms with Crippen molar-refractivity contribution in [3.05, 3.63) is 138 Å². The molecule has 5 aromatic rings. The molecular formula is C34H30N4O2.